The molecule has 0 aliphatic rings. The largest absolute Gasteiger partial charge is 0.461 e. The van der Waals surface area contributed by atoms with Crippen LogP contribution in [0.4, 0.5) is 5.82 Å². The first-order valence-electron chi connectivity index (χ1n) is 6.77. The highest BCUT2D eigenvalue weighted by molar-refractivity contribution is 5.88. The van der Waals surface area contributed by atoms with Crippen LogP contribution in [-0.2, 0) is 17.8 Å². The van der Waals surface area contributed by atoms with Gasteiger partial charge in [0.05, 0.1) is 6.61 Å². The number of rotatable bonds is 6. The van der Waals surface area contributed by atoms with Gasteiger partial charge in [0.25, 0.3) is 0 Å². The van der Waals surface area contributed by atoms with Crippen molar-refractivity contribution in [1.29, 1.82) is 0 Å². The highest BCUT2D eigenvalue weighted by Gasteiger charge is 2.14. The van der Waals surface area contributed by atoms with Gasteiger partial charge in [-0.25, -0.2) is 9.48 Å². The van der Waals surface area contributed by atoms with E-state index in [1.165, 1.54) is 5.56 Å². The molecule has 0 fully saturated rings. The third-order valence-corrected chi connectivity index (χ3v) is 2.88. The summed E-state index contributed by atoms with van der Waals surface area (Å²) in [5.41, 5.74) is 1.51. The smallest absolute Gasteiger partial charge is 0.358 e. The first kappa shape index (κ1) is 14.1. The van der Waals surface area contributed by atoms with Gasteiger partial charge < -0.3 is 10.1 Å². The van der Waals surface area contributed by atoms with Gasteiger partial charge in [0.2, 0.25) is 0 Å². The molecule has 1 aromatic carbocycles. The second-order valence-electron chi connectivity index (χ2n) is 4.29. The van der Waals surface area contributed by atoms with E-state index in [1.807, 2.05) is 37.3 Å². The Bertz CT molecular complexity index is 564. The molecule has 5 nitrogen and oxygen atoms in total. The number of benzene rings is 1. The van der Waals surface area contributed by atoms with Crippen molar-refractivity contribution in [2.24, 2.45) is 0 Å². The first-order chi connectivity index (χ1) is 9.74. The fraction of sp³-hybridized carbons (Fsp3) is 0.333. The highest BCUT2D eigenvalue weighted by atomic mass is 16.5. The number of aromatic nitrogens is 2. The van der Waals surface area contributed by atoms with Gasteiger partial charge in [-0.3, -0.25) is 0 Å². The molecule has 0 atom stereocenters. The van der Waals surface area contributed by atoms with E-state index in [0.29, 0.717) is 25.4 Å². The molecule has 20 heavy (non-hydrogen) atoms. The van der Waals surface area contributed by atoms with Gasteiger partial charge in [-0.2, -0.15) is 5.10 Å². The number of carbonyl (C=O) groups is 1. The van der Waals surface area contributed by atoms with E-state index < -0.39 is 0 Å². The molecule has 0 aliphatic heterocycles. The maximum absolute atomic E-state index is 11.7. The Kier molecular flexibility index (Phi) is 4.76. The van der Waals surface area contributed by atoms with E-state index in [1.54, 1.807) is 17.7 Å². The van der Waals surface area contributed by atoms with Crippen LogP contribution in [0.15, 0.2) is 36.4 Å². The van der Waals surface area contributed by atoms with Crippen LogP contribution >= 0.6 is 0 Å². The minimum Gasteiger partial charge on any atom is -0.461 e. The number of anilines is 1. The number of aryl methyl sites for hydroxylation is 1. The minimum absolute atomic E-state index is 0.337. The van der Waals surface area contributed by atoms with Crippen LogP contribution in [0.25, 0.3) is 0 Å². The normalized spacial score (nSPS) is 10.3. The molecule has 0 aliphatic carbocycles. The molecule has 2 aromatic rings. The predicted molar refractivity (Wildman–Crippen MR) is 77.6 cm³/mol. The Balaban J connectivity index is 2.09. The van der Waals surface area contributed by atoms with Crippen LogP contribution < -0.4 is 5.32 Å². The zero-order valence-electron chi connectivity index (χ0n) is 11.8. The second-order valence-corrected chi connectivity index (χ2v) is 4.29. The average molecular weight is 273 g/mol. The standard InChI is InChI=1S/C15H19N3O2/c1-3-18-14(10-13(17-18)15(19)20-4-2)16-11-12-8-6-5-7-9-12/h5-10,16H,3-4,11H2,1-2H3. The molecular weight excluding hydrogens is 254 g/mol. The summed E-state index contributed by atoms with van der Waals surface area (Å²) in [5.74, 6) is 0.432. The molecule has 0 saturated heterocycles. The summed E-state index contributed by atoms with van der Waals surface area (Å²) >= 11 is 0. The highest BCUT2D eigenvalue weighted by Crippen LogP contribution is 2.13. The predicted octanol–water partition coefficient (Wildman–Crippen LogP) is 2.69. The number of carbonyl (C=O) groups excluding carboxylic acids is 1. The van der Waals surface area contributed by atoms with Gasteiger partial charge in [0.15, 0.2) is 5.69 Å². The molecule has 0 bridgehead atoms. The lowest BCUT2D eigenvalue weighted by Gasteiger charge is -2.07. The van der Waals surface area contributed by atoms with Crippen molar-refractivity contribution in [1.82, 2.24) is 9.78 Å². The number of ether oxygens (including phenoxy) is 1. The van der Waals surface area contributed by atoms with Crippen molar-refractivity contribution in [3.8, 4) is 0 Å². The molecule has 1 N–H and O–H groups in total. The van der Waals surface area contributed by atoms with Crippen LogP contribution in [0.1, 0.15) is 29.9 Å². The van der Waals surface area contributed by atoms with Gasteiger partial charge in [0, 0.05) is 19.2 Å². The van der Waals surface area contributed by atoms with Crippen LogP contribution in [0.2, 0.25) is 0 Å². The second kappa shape index (κ2) is 6.75. The van der Waals surface area contributed by atoms with E-state index in [0.717, 1.165) is 5.82 Å². The summed E-state index contributed by atoms with van der Waals surface area (Å²) in [6.07, 6.45) is 0. The van der Waals surface area contributed by atoms with Crippen LogP contribution in [0.3, 0.4) is 0 Å². The molecule has 5 heteroatoms. The van der Waals surface area contributed by atoms with Gasteiger partial charge in [-0.05, 0) is 19.4 Å². The van der Waals surface area contributed by atoms with Gasteiger partial charge in [-0.15, -0.1) is 0 Å². The molecule has 0 radical (unpaired) electrons. The summed E-state index contributed by atoms with van der Waals surface area (Å²) in [4.78, 5) is 11.7. The van der Waals surface area contributed by atoms with Gasteiger partial charge >= 0.3 is 5.97 Å². The fourth-order valence-corrected chi connectivity index (χ4v) is 1.89. The zero-order valence-corrected chi connectivity index (χ0v) is 11.8. The summed E-state index contributed by atoms with van der Waals surface area (Å²) in [6, 6.07) is 11.8. The Morgan fingerprint density at radius 1 is 1.30 bits per heavy atom. The molecule has 0 spiro atoms. The zero-order chi connectivity index (χ0) is 14.4. The molecule has 0 unspecified atom stereocenters. The van der Waals surface area contributed by atoms with Gasteiger partial charge in [-0.1, -0.05) is 30.3 Å². The Labute approximate surface area is 118 Å². The van der Waals surface area contributed by atoms with Crippen molar-refractivity contribution in [2.75, 3.05) is 11.9 Å². The van der Waals surface area contributed by atoms with Crippen molar-refractivity contribution < 1.29 is 9.53 Å². The number of nitrogens with zero attached hydrogens (tertiary/aromatic N) is 2. The van der Waals surface area contributed by atoms with E-state index >= 15 is 0 Å². The average Bonchev–Trinajstić information content (AvgIpc) is 2.90. The minimum atomic E-state index is -0.387. The number of hydrogen-bond donors (Lipinski definition) is 1. The van der Waals surface area contributed by atoms with E-state index in [-0.39, 0.29) is 5.97 Å². The molecule has 106 valence electrons. The van der Waals surface area contributed by atoms with Crippen molar-refractivity contribution in [2.45, 2.75) is 26.9 Å². The Morgan fingerprint density at radius 3 is 2.70 bits per heavy atom. The van der Waals surface area contributed by atoms with Crippen molar-refractivity contribution in [3.63, 3.8) is 0 Å². The van der Waals surface area contributed by atoms with Crippen molar-refractivity contribution in [3.05, 3.63) is 47.7 Å². The van der Waals surface area contributed by atoms with Crippen LogP contribution in [0, 0.1) is 0 Å². The monoisotopic (exact) mass is 273 g/mol. The lowest BCUT2D eigenvalue weighted by atomic mass is 10.2. The third kappa shape index (κ3) is 3.38. The third-order valence-electron chi connectivity index (χ3n) is 2.88. The Morgan fingerprint density at radius 2 is 2.05 bits per heavy atom. The van der Waals surface area contributed by atoms with Crippen molar-refractivity contribution >= 4 is 11.8 Å². The molecule has 1 heterocycles. The molecule has 1 aromatic heterocycles. The van der Waals surface area contributed by atoms with Crippen LogP contribution in [-0.4, -0.2) is 22.4 Å². The quantitative estimate of drug-likeness (QED) is 0.822. The lowest BCUT2D eigenvalue weighted by Crippen LogP contribution is -2.08. The Hall–Kier alpha value is -2.30. The van der Waals surface area contributed by atoms with Gasteiger partial charge in [0.1, 0.15) is 5.82 Å². The summed E-state index contributed by atoms with van der Waals surface area (Å²) in [5, 5.41) is 7.53. The van der Waals surface area contributed by atoms with Crippen LogP contribution in [0.5, 0.6) is 0 Å². The number of esters is 1. The fourth-order valence-electron chi connectivity index (χ4n) is 1.89. The molecule has 0 amide bonds. The molecular formula is C15H19N3O2. The number of hydrogen-bond acceptors (Lipinski definition) is 4. The van der Waals surface area contributed by atoms with E-state index in [2.05, 4.69) is 10.4 Å². The summed E-state index contributed by atoms with van der Waals surface area (Å²) < 4.78 is 6.72. The number of nitrogens with one attached hydrogen (secondary N) is 1. The van der Waals surface area contributed by atoms with E-state index in [4.69, 9.17) is 4.74 Å². The van der Waals surface area contributed by atoms with E-state index in [9.17, 15) is 4.79 Å². The SMILES string of the molecule is CCOC(=O)c1cc(NCc2ccccc2)n(CC)n1. The summed E-state index contributed by atoms with van der Waals surface area (Å²) in [6.45, 7) is 5.49. The first-order valence-corrected chi connectivity index (χ1v) is 6.77. The molecule has 2 rings (SSSR count). The lowest BCUT2D eigenvalue weighted by molar-refractivity contribution is 0.0518. The maximum Gasteiger partial charge on any atom is 0.358 e. The maximum atomic E-state index is 11.7. The summed E-state index contributed by atoms with van der Waals surface area (Å²) in [7, 11) is 0. The molecule has 0 saturated carbocycles. The topological polar surface area (TPSA) is 56.1 Å².